The maximum absolute atomic E-state index is 15.1. The highest BCUT2D eigenvalue weighted by molar-refractivity contribution is 6.71. The van der Waals surface area contributed by atoms with Gasteiger partial charge >= 0.3 is 0 Å². The summed E-state index contributed by atoms with van der Waals surface area (Å²) in [4.78, 5) is 70.1. The molecular weight excluding hydrogens is 729 g/mol. The van der Waals surface area contributed by atoms with E-state index in [1.54, 1.807) is 102 Å². The molecule has 292 valence electrons. The van der Waals surface area contributed by atoms with E-state index in [-0.39, 0.29) is 49.2 Å². The molecule has 3 aliphatic heterocycles. The van der Waals surface area contributed by atoms with Crippen molar-refractivity contribution in [1.82, 2.24) is 4.90 Å². The first-order chi connectivity index (χ1) is 26.7. The molecule has 13 nitrogen and oxygen atoms in total. The third-order valence-corrected chi connectivity index (χ3v) is 13.9. The molecule has 0 saturated carbocycles. The van der Waals surface area contributed by atoms with Crippen LogP contribution in [-0.4, -0.2) is 72.0 Å². The van der Waals surface area contributed by atoms with Gasteiger partial charge < -0.3 is 46.5 Å². The summed E-state index contributed by atoms with van der Waals surface area (Å²) in [5, 5.41) is 15.8. The van der Waals surface area contributed by atoms with E-state index in [1.807, 2.05) is 19.1 Å². The lowest BCUT2D eigenvalue weighted by Gasteiger charge is -2.33. The van der Waals surface area contributed by atoms with Gasteiger partial charge in [0, 0.05) is 57.4 Å². The minimum atomic E-state index is -3.09. The molecule has 3 heterocycles. The molecule has 3 aliphatic rings. The summed E-state index contributed by atoms with van der Waals surface area (Å²) < 4.78 is 6.93. The molecule has 4 aromatic rings. The van der Waals surface area contributed by atoms with Crippen molar-refractivity contribution < 1.29 is 33.8 Å². The number of nitrogens with zero attached hydrogens (tertiary/aromatic N) is 2. The molecule has 0 bridgehead atoms. The lowest BCUT2D eigenvalue weighted by Crippen LogP contribution is -2.46. The van der Waals surface area contributed by atoms with Crippen molar-refractivity contribution in [3.63, 3.8) is 0 Å². The van der Waals surface area contributed by atoms with Crippen LogP contribution in [0.3, 0.4) is 0 Å². The van der Waals surface area contributed by atoms with Crippen LogP contribution in [0.15, 0.2) is 91.0 Å². The van der Waals surface area contributed by atoms with Gasteiger partial charge in [0.25, 0.3) is 17.7 Å². The smallest absolute Gasteiger partial charge is 0.264 e. The Balaban J connectivity index is 1.22. The van der Waals surface area contributed by atoms with Crippen molar-refractivity contribution in [2.75, 3.05) is 40.2 Å². The van der Waals surface area contributed by atoms with Crippen molar-refractivity contribution in [3.8, 4) is 0 Å². The van der Waals surface area contributed by atoms with Crippen LogP contribution < -0.4 is 27.0 Å². The maximum atomic E-state index is 15.1. The van der Waals surface area contributed by atoms with E-state index in [4.69, 9.17) is 16.2 Å². The molecule has 4 aromatic carbocycles. The monoisotopic (exact) mass is 776 g/mol. The molecule has 5 atom stereocenters. The summed E-state index contributed by atoms with van der Waals surface area (Å²) in [5.41, 5.74) is 14.4. The number of aliphatic hydroxyl groups excluding tert-OH is 1. The number of hydrogen-bond donors (Lipinski definition) is 6. The van der Waals surface area contributed by atoms with E-state index in [0.717, 1.165) is 12.0 Å². The van der Waals surface area contributed by atoms with E-state index in [0.29, 0.717) is 58.1 Å². The number of aliphatic hydroxyl groups is 1. The van der Waals surface area contributed by atoms with E-state index in [2.05, 4.69) is 10.6 Å². The first kappa shape index (κ1) is 38.7. The van der Waals surface area contributed by atoms with E-state index < -0.39 is 31.5 Å². The summed E-state index contributed by atoms with van der Waals surface area (Å²) in [6.45, 7) is 6.05. The number of nitrogen functional groups attached to an aromatic ring is 2. The van der Waals surface area contributed by atoms with Gasteiger partial charge in [0.2, 0.25) is 5.91 Å². The lowest BCUT2D eigenvalue weighted by molar-refractivity contribution is -0.150. The van der Waals surface area contributed by atoms with Gasteiger partial charge in [-0.3, -0.25) is 19.2 Å². The van der Waals surface area contributed by atoms with E-state index >= 15 is 4.79 Å². The van der Waals surface area contributed by atoms with Gasteiger partial charge in [-0.25, -0.2) is 0 Å². The molecule has 0 unspecified atom stereocenters. The number of nitrogens with two attached hydrogens (primary N) is 2. The number of carbonyl (C=O) groups is 4. The number of amides is 4. The second kappa shape index (κ2) is 15.2. The van der Waals surface area contributed by atoms with Gasteiger partial charge in [-0.05, 0) is 110 Å². The van der Waals surface area contributed by atoms with Crippen molar-refractivity contribution in [2.45, 2.75) is 69.1 Å². The predicted molar refractivity (Wildman–Crippen MR) is 217 cm³/mol. The lowest BCUT2D eigenvalue weighted by atomic mass is 9.82. The van der Waals surface area contributed by atoms with Gasteiger partial charge in [-0.2, -0.15) is 0 Å². The molecule has 2 fully saturated rings. The van der Waals surface area contributed by atoms with Gasteiger partial charge in [-0.1, -0.05) is 19.1 Å². The largest absolute Gasteiger partial charge is 0.432 e. The molecule has 0 aliphatic carbocycles. The number of rotatable bonds is 10. The average molecular weight is 777 g/mol. The first-order valence-corrected chi connectivity index (χ1v) is 21.9. The topological polar surface area (TPSA) is 201 Å². The maximum Gasteiger partial charge on any atom is 0.264 e. The fourth-order valence-corrected chi connectivity index (χ4v) is 11.3. The Morgan fingerprint density at radius 2 is 1.45 bits per heavy atom. The van der Waals surface area contributed by atoms with Crippen LogP contribution in [0.5, 0.6) is 0 Å². The number of carbonyl (C=O) groups excluding carboxylic acids is 4. The molecule has 0 radical (unpaired) electrons. The zero-order chi connectivity index (χ0) is 39.9. The Kier molecular flexibility index (Phi) is 10.5. The van der Waals surface area contributed by atoms with Crippen LogP contribution in [0.25, 0.3) is 0 Å². The number of hydrogen-bond acceptors (Lipinski definition) is 9. The minimum absolute atomic E-state index is 0.0516. The zero-order valence-electron chi connectivity index (χ0n) is 31.7. The number of nitrogens with one attached hydrogen (secondary N) is 2. The van der Waals surface area contributed by atoms with Gasteiger partial charge in [0.15, 0.2) is 13.9 Å². The summed E-state index contributed by atoms with van der Waals surface area (Å²) >= 11 is 0. The number of anilines is 5. The van der Waals surface area contributed by atoms with E-state index in [9.17, 15) is 24.3 Å². The van der Waals surface area contributed by atoms with Gasteiger partial charge in [0.1, 0.15) is 0 Å². The number of fused-ring (bicyclic) bond motifs is 2. The van der Waals surface area contributed by atoms with Crippen molar-refractivity contribution in [1.29, 1.82) is 0 Å². The van der Waals surface area contributed by atoms with Gasteiger partial charge in [0.05, 0.1) is 37.4 Å². The SMILES string of the molecule is C[C@@H]1[C@@H]([Si](C)(C)O)[C@H](CC(=O)N2CCC[C@H]2CO)O[C@@]12C(=O)N(Cc1ccc(NC(=O)c3ccc(N)cc3)cc1)c1ccc(NC(=O)c3ccc(N)cc3)cc12. The standard InChI is InChI=1S/C42H48N6O7Si/c1-25-38(56(2,3)54)36(22-37(50)47-20-4-5-33(47)24-49)55-42(25)34-21-32(46-40(52)28-10-14-30(44)15-11-28)18-19-35(34)48(41(42)53)23-26-6-16-31(17-7-26)45-39(51)27-8-12-29(43)13-9-27/h6-19,21,25,33,36,38,49,54H,4-5,20,22-24,43-44H2,1-3H3,(H,45,51)(H,46,52)/t25-,33+,36+,38-,42+/m1/s1. The Labute approximate surface area is 326 Å². The summed E-state index contributed by atoms with van der Waals surface area (Å²) in [6, 6.07) is 25.3. The second-order valence-electron chi connectivity index (χ2n) is 15.6. The number of benzene rings is 4. The average Bonchev–Trinajstić information content (AvgIpc) is 3.83. The minimum Gasteiger partial charge on any atom is -0.432 e. The van der Waals surface area contributed by atoms with Crippen LogP contribution in [-0.2, 0) is 26.5 Å². The summed E-state index contributed by atoms with van der Waals surface area (Å²) in [7, 11) is -3.09. The van der Waals surface area contributed by atoms with Crippen molar-refractivity contribution >= 4 is 60.4 Å². The Hall–Kier alpha value is -5.54. The van der Waals surface area contributed by atoms with Crippen LogP contribution in [0.2, 0.25) is 18.6 Å². The first-order valence-electron chi connectivity index (χ1n) is 18.9. The molecule has 0 aromatic heterocycles. The Morgan fingerprint density at radius 1 is 0.875 bits per heavy atom. The quantitative estimate of drug-likeness (QED) is 0.0940. The highest BCUT2D eigenvalue weighted by Crippen LogP contribution is 2.60. The third kappa shape index (κ3) is 7.28. The molecular formula is C42H48N6O7Si. The molecule has 7 rings (SSSR count). The van der Waals surface area contributed by atoms with Crippen molar-refractivity contribution in [2.24, 2.45) is 5.92 Å². The van der Waals surface area contributed by atoms with Gasteiger partial charge in [-0.15, -0.1) is 0 Å². The van der Waals surface area contributed by atoms with Crippen LogP contribution >= 0.6 is 0 Å². The molecule has 2 saturated heterocycles. The second-order valence-corrected chi connectivity index (χ2v) is 19.6. The highest BCUT2D eigenvalue weighted by Gasteiger charge is 2.66. The predicted octanol–water partition coefficient (Wildman–Crippen LogP) is 5.07. The number of likely N-dealkylation sites (tertiary alicyclic amines) is 1. The summed E-state index contributed by atoms with van der Waals surface area (Å²) in [6.07, 6.45) is 0.662. The molecule has 14 heteroatoms. The van der Waals surface area contributed by atoms with Crippen LogP contribution in [0.4, 0.5) is 28.4 Å². The molecule has 4 amide bonds. The Morgan fingerprint density at radius 3 is 2.02 bits per heavy atom. The van der Waals surface area contributed by atoms with Crippen LogP contribution in [0, 0.1) is 5.92 Å². The number of ether oxygens (including phenoxy) is 1. The zero-order valence-corrected chi connectivity index (χ0v) is 32.7. The highest BCUT2D eigenvalue weighted by atomic mass is 28.4. The third-order valence-electron chi connectivity index (χ3n) is 11.4. The van der Waals surface area contributed by atoms with Crippen LogP contribution in [0.1, 0.15) is 58.0 Å². The van der Waals surface area contributed by atoms with Crippen molar-refractivity contribution in [3.05, 3.63) is 113 Å². The van der Waals surface area contributed by atoms with E-state index in [1.165, 1.54) is 0 Å². The molecule has 1 spiro atoms. The molecule has 56 heavy (non-hydrogen) atoms. The fraction of sp³-hybridized carbons (Fsp3) is 0.333. The normalized spacial score (nSPS) is 23.1. The summed E-state index contributed by atoms with van der Waals surface area (Å²) in [5.74, 6) is -1.72. The molecule has 8 N–H and O–H groups in total. The Bertz CT molecular complexity index is 2140. The fourth-order valence-electron chi connectivity index (χ4n) is 8.71.